The zero-order valence-corrected chi connectivity index (χ0v) is 14.1. The molecule has 9 heteroatoms. The Morgan fingerprint density at radius 2 is 1.75 bits per heavy atom. The fourth-order valence-corrected chi connectivity index (χ4v) is 2.40. The smallest absolute Gasteiger partial charge is 0.293 e. The van der Waals surface area contributed by atoms with E-state index in [1.807, 2.05) is 0 Å². The van der Waals surface area contributed by atoms with Gasteiger partial charge in [-0.3, -0.25) is 30.6 Å². The Balaban J connectivity index is 2.10. The highest BCUT2D eigenvalue weighted by Gasteiger charge is 2.17. The van der Waals surface area contributed by atoms with Crippen LogP contribution in [-0.2, 0) is 0 Å². The maximum atomic E-state index is 12.1. The van der Waals surface area contributed by atoms with Gasteiger partial charge in [0.2, 0.25) is 0 Å². The number of nitrogens with one attached hydrogen (secondary N) is 3. The van der Waals surface area contributed by atoms with Crippen molar-refractivity contribution >= 4 is 39.1 Å². The molecule has 0 saturated carbocycles. The van der Waals surface area contributed by atoms with Gasteiger partial charge in [-0.15, -0.1) is 0 Å². The molecule has 3 N–H and O–H groups in total. The Morgan fingerprint density at radius 3 is 2.38 bits per heavy atom. The first-order valence-corrected chi connectivity index (χ1v) is 7.54. The number of nitrogens with zero attached hydrogens (tertiary/aromatic N) is 1. The van der Waals surface area contributed by atoms with E-state index in [9.17, 15) is 19.7 Å². The lowest BCUT2D eigenvalue weighted by Gasteiger charge is -2.09. The van der Waals surface area contributed by atoms with Gasteiger partial charge >= 0.3 is 0 Å². The quantitative estimate of drug-likeness (QED) is 0.546. The fraction of sp³-hybridized carbons (Fsp3) is 0.0667. The van der Waals surface area contributed by atoms with Crippen molar-refractivity contribution in [2.45, 2.75) is 0 Å². The van der Waals surface area contributed by atoms with Crippen molar-refractivity contribution in [2.24, 2.45) is 0 Å². The average Bonchev–Trinajstić information content (AvgIpc) is 2.59. The minimum atomic E-state index is -0.666. The average molecular weight is 393 g/mol. The van der Waals surface area contributed by atoms with Crippen LogP contribution in [0, 0.1) is 10.1 Å². The van der Waals surface area contributed by atoms with Crippen molar-refractivity contribution in [1.82, 2.24) is 10.9 Å². The van der Waals surface area contributed by atoms with Gasteiger partial charge in [0.15, 0.2) is 0 Å². The number of hydrogen-bond donors (Lipinski definition) is 3. The van der Waals surface area contributed by atoms with E-state index < -0.39 is 16.7 Å². The molecule has 2 amide bonds. The summed E-state index contributed by atoms with van der Waals surface area (Å²) in [6, 6.07) is 10.7. The number of nitro groups is 1. The van der Waals surface area contributed by atoms with Gasteiger partial charge in [0, 0.05) is 23.2 Å². The van der Waals surface area contributed by atoms with Crippen LogP contribution >= 0.6 is 15.9 Å². The third kappa shape index (κ3) is 3.87. The SMILES string of the molecule is CNc1ccc(C(=O)NNC(=O)c2ccccc2Br)cc1[N+](=O)[O-]. The highest BCUT2D eigenvalue weighted by Crippen LogP contribution is 2.24. The molecule has 0 aromatic heterocycles. The minimum absolute atomic E-state index is 0.0492. The Hall–Kier alpha value is -2.94. The van der Waals surface area contributed by atoms with Crippen LogP contribution in [0.1, 0.15) is 20.7 Å². The number of halogens is 1. The zero-order chi connectivity index (χ0) is 17.7. The molecule has 8 nitrogen and oxygen atoms in total. The largest absolute Gasteiger partial charge is 0.383 e. The minimum Gasteiger partial charge on any atom is -0.383 e. The van der Waals surface area contributed by atoms with E-state index in [2.05, 4.69) is 32.1 Å². The van der Waals surface area contributed by atoms with Gasteiger partial charge in [0.1, 0.15) is 5.69 Å². The van der Waals surface area contributed by atoms with Crippen molar-refractivity contribution in [3.05, 3.63) is 68.2 Å². The Bertz CT molecular complexity index is 810. The van der Waals surface area contributed by atoms with E-state index >= 15 is 0 Å². The molecule has 0 heterocycles. The second-order valence-corrected chi connectivity index (χ2v) is 5.48. The third-order valence-corrected chi connectivity index (χ3v) is 3.83. The predicted molar refractivity (Wildman–Crippen MR) is 91.7 cm³/mol. The Kier molecular flexibility index (Phi) is 5.48. The van der Waals surface area contributed by atoms with Gasteiger partial charge in [-0.2, -0.15) is 0 Å². The molecular weight excluding hydrogens is 380 g/mol. The lowest BCUT2D eigenvalue weighted by Crippen LogP contribution is -2.41. The second kappa shape index (κ2) is 7.55. The number of benzene rings is 2. The molecule has 0 unspecified atom stereocenters. The van der Waals surface area contributed by atoms with Crippen LogP contribution in [0.3, 0.4) is 0 Å². The van der Waals surface area contributed by atoms with Gasteiger partial charge in [-0.05, 0) is 40.2 Å². The summed E-state index contributed by atoms with van der Waals surface area (Å²) in [6.45, 7) is 0. The van der Waals surface area contributed by atoms with Crippen molar-refractivity contribution in [3.8, 4) is 0 Å². The second-order valence-electron chi connectivity index (χ2n) is 4.63. The van der Waals surface area contributed by atoms with Crippen molar-refractivity contribution in [3.63, 3.8) is 0 Å². The standard InChI is InChI=1S/C15H13BrN4O4/c1-17-12-7-6-9(8-13(12)20(23)24)14(21)18-19-15(22)10-4-2-3-5-11(10)16/h2-8,17H,1H3,(H,18,21)(H,19,22). The van der Waals surface area contributed by atoms with E-state index in [1.165, 1.54) is 12.1 Å². The maximum absolute atomic E-state index is 12.1. The molecular formula is C15H13BrN4O4. The van der Waals surface area contributed by atoms with E-state index in [1.54, 1.807) is 31.3 Å². The topological polar surface area (TPSA) is 113 Å². The Labute approximate surface area is 145 Å². The van der Waals surface area contributed by atoms with Gasteiger partial charge < -0.3 is 5.32 Å². The molecule has 0 bridgehead atoms. The molecule has 0 saturated heterocycles. The predicted octanol–water partition coefficient (Wildman–Crippen LogP) is 2.47. The number of hydrogen-bond acceptors (Lipinski definition) is 5. The summed E-state index contributed by atoms with van der Waals surface area (Å²) in [6.07, 6.45) is 0. The van der Waals surface area contributed by atoms with Crippen molar-refractivity contribution < 1.29 is 14.5 Å². The van der Waals surface area contributed by atoms with Crippen LogP contribution < -0.4 is 16.2 Å². The number of amides is 2. The highest BCUT2D eigenvalue weighted by molar-refractivity contribution is 9.10. The first-order chi connectivity index (χ1) is 11.4. The summed E-state index contributed by atoms with van der Waals surface area (Å²) >= 11 is 3.23. The summed E-state index contributed by atoms with van der Waals surface area (Å²) in [5, 5.41) is 13.7. The summed E-state index contributed by atoms with van der Waals surface area (Å²) in [5.41, 5.74) is 4.93. The number of anilines is 1. The molecule has 0 aliphatic rings. The molecule has 0 aliphatic heterocycles. The van der Waals surface area contributed by atoms with Crippen LogP contribution in [0.2, 0.25) is 0 Å². The highest BCUT2D eigenvalue weighted by atomic mass is 79.9. The summed E-state index contributed by atoms with van der Waals surface area (Å²) in [5.74, 6) is -1.18. The first kappa shape index (κ1) is 17.4. The summed E-state index contributed by atoms with van der Waals surface area (Å²) in [4.78, 5) is 34.5. The third-order valence-electron chi connectivity index (χ3n) is 3.13. The number of carbonyl (C=O) groups is 2. The first-order valence-electron chi connectivity index (χ1n) is 6.75. The van der Waals surface area contributed by atoms with Gasteiger partial charge in [-0.25, -0.2) is 0 Å². The van der Waals surface area contributed by atoms with Crippen LogP contribution in [0.25, 0.3) is 0 Å². The van der Waals surface area contributed by atoms with Crippen molar-refractivity contribution in [2.75, 3.05) is 12.4 Å². The lowest BCUT2D eigenvalue weighted by atomic mass is 10.1. The monoisotopic (exact) mass is 392 g/mol. The molecule has 0 atom stereocenters. The van der Waals surface area contributed by atoms with E-state index in [0.717, 1.165) is 6.07 Å². The molecule has 24 heavy (non-hydrogen) atoms. The van der Waals surface area contributed by atoms with Crippen LogP contribution in [0.5, 0.6) is 0 Å². The van der Waals surface area contributed by atoms with Crippen molar-refractivity contribution in [1.29, 1.82) is 0 Å². The molecule has 0 aliphatic carbocycles. The maximum Gasteiger partial charge on any atom is 0.293 e. The van der Waals surface area contributed by atoms with E-state index in [4.69, 9.17) is 0 Å². The summed E-state index contributed by atoms with van der Waals surface area (Å²) in [7, 11) is 1.54. The van der Waals surface area contributed by atoms with E-state index in [0.29, 0.717) is 10.0 Å². The number of nitro benzene ring substituents is 1. The lowest BCUT2D eigenvalue weighted by molar-refractivity contribution is -0.384. The Morgan fingerprint density at radius 1 is 1.08 bits per heavy atom. The van der Waals surface area contributed by atoms with Gasteiger partial charge in [0.25, 0.3) is 17.5 Å². The zero-order valence-electron chi connectivity index (χ0n) is 12.5. The van der Waals surface area contributed by atoms with Crippen LogP contribution in [0.4, 0.5) is 11.4 Å². The number of hydrazine groups is 1. The van der Waals surface area contributed by atoms with Crippen LogP contribution in [-0.4, -0.2) is 23.8 Å². The summed E-state index contributed by atoms with van der Waals surface area (Å²) < 4.78 is 0.575. The molecule has 2 aromatic rings. The molecule has 0 radical (unpaired) electrons. The molecule has 0 spiro atoms. The van der Waals surface area contributed by atoms with Gasteiger partial charge in [-0.1, -0.05) is 12.1 Å². The van der Waals surface area contributed by atoms with Crippen LogP contribution in [0.15, 0.2) is 46.9 Å². The van der Waals surface area contributed by atoms with Gasteiger partial charge in [0.05, 0.1) is 10.5 Å². The number of carbonyl (C=O) groups excluding carboxylic acids is 2. The molecule has 2 aromatic carbocycles. The normalized spacial score (nSPS) is 9.92. The molecule has 0 fully saturated rings. The fourth-order valence-electron chi connectivity index (χ4n) is 1.93. The molecule has 2 rings (SSSR count). The number of rotatable bonds is 4. The molecule has 124 valence electrons. The van der Waals surface area contributed by atoms with E-state index in [-0.39, 0.29) is 16.9 Å².